The van der Waals surface area contributed by atoms with Crippen molar-refractivity contribution < 1.29 is 9.90 Å². The van der Waals surface area contributed by atoms with Crippen LogP contribution in [-0.4, -0.2) is 11.0 Å². The van der Waals surface area contributed by atoms with Crippen molar-refractivity contribution >= 4 is 11.6 Å². The summed E-state index contributed by atoms with van der Waals surface area (Å²) in [7, 11) is 0. The third kappa shape index (κ3) is 4.35. The van der Waals surface area contributed by atoms with Crippen LogP contribution in [0.15, 0.2) is 48.5 Å². The van der Waals surface area contributed by atoms with Gasteiger partial charge in [0, 0.05) is 11.8 Å². The van der Waals surface area contributed by atoms with Crippen molar-refractivity contribution in [3.8, 4) is 5.75 Å². The smallest absolute Gasteiger partial charge is 0.231 e. The fourth-order valence-corrected chi connectivity index (χ4v) is 2.40. The minimum atomic E-state index is -0.240. The minimum absolute atomic E-state index is 0.0813. The highest BCUT2D eigenvalue weighted by Gasteiger charge is 2.15. The van der Waals surface area contributed by atoms with E-state index < -0.39 is 0 Å². The zero-order valence-electron chi connectivity index (χ0n) is 13.3. The summed E-state index contributed by atoms with van der Waals surface area (Å²) >= 11 is 0. The van der Waals surface area contributed by atoms with E-state index in [0.29, 0.717) is 11.6 Å². The van der Waals surface area contributed by atoms with Gasteiger partial charge in [0.1, 0.15) is 5.75 Å². The number of hydrogen-bond acceptors (Lipinski definition) is 2. The number of anilines is 1. The Hall–Kier alpha value is -2.29. The van der Waals surface area contributed by atoms with Crippen LogP contribution >= 0.6 is 0 Å². The van der Waals surface area contributed by atoms with Crippen molar-refractivity contribution in [2.24, 2.45) is 5.92 Å². The fraction of sp³-hybridized carbons (Fsp3) is 0.316. The second-order valence-electron chi connectivity index (χ2n) is 6.10. The Morgan fingerprint density at radius 2 is 1.77 bits per heavy atom. The molecule has 3 nitrogen and oxygen atoms in total. The molecule has 1 atom stereocenters. The molecule has 0 aliphatic heterocycles. The van der Waals surface area contributed by atoms with Crippen molar-refractivity contribution in [2.75, 3.05) is 5.32 Å². The second-order valence-corrected chi connectivity index (χ2v) is 6.10. The molecule has 2 aromatic carbocycles. The van der Waals surface area contributed by atoms with E-state index in [1.165, 1.54) is 11.6 Å². The maximum atomic E-state index is 12.3. The van der Waals surface area contributed by atoms with Crippen LogP contribution in [0.25, 0.3) is 0 Å². The van der Waals surface area contributed by atoms with Gasteiger partial charge in [-0.15, -0.1) is 0 Å². The lowest BCUT2D eigenvalue weighted by Crippen LogP contribution is -2.18. The zero-order valence-corrected chi connectivity index (χ0v) is 13.3. The Morgan fingerprint density at radius 3 is 2.36 bits per heavy atom. The van der Waals surface area contributed by atoms with E-state index in [1.807, 2.05) is 19.1 Å². The predicted octanol–water partition coefficient (Wildman–Crippen LogP) is 4.33. The molecular weight excluding hydrogens is 274 g/mol. The number of phenolic OH excluding ortho intramolecular Hbond substituents is 1. The van der Waals surface area contributed by atoms with Crippen LogP contribution in [-0.2, 0) is 11.2 Å². The summed E-state index contributed by atoms with van der Waals surface area (Å²) < 4.78 is 0. The van der Waals surface area contributed by atoms with Gasteiger partial charge in [0.25, 0.3) is 0 Å². The number of aromatic hydroxyl groups is 1. The van der Waals surface area contributed by atoms with Gasteiger partial charge in [-0.25, -0.2) is 0 Å². The van der Waals surface area contributed by atoms with Crippen molar-refractivity contribution in [3.05, 3.63) is 59.7 Å². The molecule has 1 amide bonds. The summed E-state index contributed by atoms with van der Waals surface area (Å²) in [6.07, 6.45) is 1.05. The molecule has 0 bridgehead atoms. The van der Waals surface area contributed by atoms with E-state index in [1.54, 1.807) is 18.2 Å². The van der Waals surface area contributed by atoms with Gasteiger partial charge in [0.15, 0.2) is 0 Å². The molecule has 0 heterocycles. The molecule has 0 aromatic heterocycles. The highest BCUT2D eigenvalue weighted by molar-refractivity contribution is 5.95. The molecule has 0 fully saturated rings. The number of nitrogens with one attached hydrogen (secondary N) is 1. The van der Waals surface area contributed by atoms with E-state index in [-0.39, 0.29) is 17.6 Å². The van der Waals surface area contributed by atoms with Crippen LogP contribution in [0.4, 0.5) is 5.69 Å². The van der Waals surface area contributed by atoms with E-state index in [2.05, 4.69) is 31.3 Å². The predicted molar refractivity (Wildman–Crippen MR) is 90.1 cm³/mol. The number of carbonyl (C=O) groups excluding carboxylic acids is 1. The van der Waals surface area contributed by atoms with E-state index >= 15 is 0 Å². The molecular formula is C19H23NO2. The Balaban J connectivity index is 2.03. The number of carbonyl (C=O) groups is 1. The molecule has 0 aliphatic carbocycles. The summed E-state index contributed by atoms with van der Waals surface area (Å²) in [4.78, 5) is 12.3. The Labute approximate surface area is 132 Å². The molecule has 3 heteroatoms. The minimum Gasteiger partial charge on any atom is -0.508 e. The number of benzene rings is 2. The summed E-state index contributed by atoms with van der Waals surface area (Å²) in [6.45, 7) is 6.27. The molecule has 0 aliphatic rings. The monoisotopic (exact) mass is 297 g/mol. The Morgan fingerprint density at radius 1 is 1.09 bits per heavy atom. The fourth-order valence-electron chi connectivity index (χ4n) is 2.40. The molecule has 2 N–H and O–H groups in total. The molecule has 22 heavy (non-hydrogen) atoms. The average molecular weight is 297 g/mol. The van der Waals surface area contributed by atoms with Crippen LogP contribution in [0.3, 0.4) is 0 Å². The summed E-state index contributed by atoms with van der Waals surface area (Å²) in [5, 5.41) is 12.3. The highest BCUT2D eigenvalue weighted by Crippen LogP contribution is 2.21. The molecule has 0 saturated carbocycles. The van der Waals surface area contributed by atoms with Crippen LogP contribution < -0.4 is 5.32 Å². The first-order valence-electron chi connectivity index (χ1n) is 7.64. The number of amides is 1. The Kier molecular flexibility index (Phi) is 5.21. The first kappa shape index (κ1) is 16.1. The topological polar surface area (TPSA) is 49.3 Å². The van der Waals surface area contributed by atoms with Crippen LogP contribution in [0.5, 0.6) is 5.75 Å². The van der Waals surface area contributed by atoms with E-state index in [4.69, 9.17) is 0 Å². The van der Waals surface area contributed by atoms with Crippen molar-refractivity contribution in [3.63, 3.8) is 0 Å². The first-order chi connectivity index (χ1) is 10.5. The van der Waals surface area contributed by atoms with Gasteiger partial charge in [-0.3, -0.25) is 4.79 Å². The SMILES string of the molecule is CC(C)Cc1ccc(C(C)C(=O)Nc2cccc(O)c2)cc1. The third-order valence-electron chi connectivity index (χ3n) is 3.63. The molecule has 2 aromatic rings. The van der Waals surface area contributed by atoms with Gasteiger partial charge >= 0.3 is 0 Å². The van der Waals surface area contributed by atoms with Crippen LogP contribution in [0.1, 0.15) is 37.8 Å². The lowest BCUT2D eigenvalue weighted by atomic mass is 9.96. The van der Waals surface area contributed by atoms with Gasteiger partial charge < -0.3 is 10.4 Å². The van der Waals surface area contributed by atoms with Gasteiger partial charge in [0.05, 0.1) is 5.92 Å². The first-order valence-corrected chi connectivity index (χ1v) is 7.64. The maximum absolute atomic E-state index is 12.3. The lowest BCUT2D eigenvalue weighted by Gasteiger charge is -2.14. The second kappa shape index (κ2) is 7.12. The van der Waals surface area contributed by atoms with Crippen LogP contribution in [0.2, 0.25) is 0 Å². The number of rotatable bonds is 5. The van der Waals surface area contributed by atoms with Crippen molar-refractivity contribution in [1.82, 2.24) is 0 Å². The van der Waals surface area contributed by atoms with Crippen molar-refractivity contribution in [2.45, 2.75) is 33.1 Å². The van der Waals surface area contributed by atoms with Gasteiger partial charge in [-0.05, 0) is 42.5 Å². The molecule has 2 rings (SSSR count). The third-order valence-corrected chi connectivity index (χ3v) is 3.63. The summed E-state index contributed by atoms with van der Waals surface area (Å²) in [6, 6.07) is 14.8. The summed E-state index contributed by atoms with van der Waals surface area (Å²) in [5.74, 6) is 0.443. The number of hydrogen-bond donors (Lipinski definition) is 2. The maximum Gasteiger partial charge on any atom is 0.231 e. The lowest BCUT2D eigenvalue weighted by molar-refractivity contribution is -0.117. The van der Waals surface area contributed by atoms with Gasteiger partial charge in [-0.1, -0.05) is 44.2 Å². The van der Waals surface area contributed by atoms with Gasteiger partial charge in [0.2, 0.25) is 5.91 Å². The average Bonchev–Trinajstić information content (AvgIpc) is 2.46. The quantitative estimate of drug-likeness (QED) is 0.863. The molecule has 0 saturated heterocycles. The molecule has 1 unspecified atom stereocenters. The summed E-state index contributed by atoms with van der Waals surface area (Å²) in [5.41, 5.74) is 2.89. The zero-order chi connectivity index (χ0) is 16.1. The number of phenols is 1. The standard InChI is InChI=1S/C19H23NO2/c1-13(2)11-15-7-9-16(10-8-15)14(3)19(22)20-17-5-4-6-18(21)12-17/h4-10,12-14,21H,11H2,1-3H3,(H,20,22). The van der Waals surface area contributed by atoms with Crippen molar-refractivity contribution in [1.29, 1.82) is 0 Å². The molecule has 116 valence electrons. The van der Waals surface area contributed by atoms with E-state index in [0.717, 1.165) is 12.0 Å². The van der Waals surface area contributed by atoms with E-state index in [9.17, 15) is 9.90 Å². The Bertz CT molecular complexity index is 632. The normalized spacial score (nSPS) is 12.2. The highest BCUT2D eigenvalue weighted by atomic mass is 16.3. The molecule has 0 spiro atoms. The largest absolute Gasteiger partial charge is 0.508 e. The van der Waals surface area contributed by atoms with Gasteiger partial charge in [-0.2, -0.15) is 0 Å². The molecule has 0 radical (unpaired) electrons. The van der Waals surface area contributed by atoms with Crippen LogP contribution in [0, 0.1) is 5.92 Å².